The molecule has 0 saturated carbocycles. The molecule has 0 aromatic rings. The maximum Gasteiger partial charge on any atom is 0.409 e. The van der Waals surface area contributed by atoms with Crippen LogP contribution >= 0.6 is 0 Å². The molecule has 1 amide bonds. The number of nitrogens with one attached hydrogen (secondary N) is 1. The lowest BCUT2D eigenvalue weighted by Crippen LogP contribution is -2.47. The highest BCUT2D eigenvalue weighted by Crippen LogP contribution is 2.09. The van der Waals surface area contributed by atoms with Gasteiger partial charge in [0, 0.05) is 19.6 Å². The summed E-state index contributed by atoms with van der Waals surface area (Å²) in [7, 11) is 1.82. The summed E-state index contributed by atoms with van der Waals surface area (Å²) in [5.41, 5.74) is 0. The second-order valence-electron chi connectivity index (χ2n) is 4.58. The summed E-state index contributed by atoms with van der Waals surface area (Å²) in [5.74, 6) is 0.395. The van der Waals surface area contributed by atoms with Crippen LogP contribution in [0, 0.1) is 5.92 Å². The Hall–Kier alpha value is -0.770. The van der Waals surface area contributed by atoms with Crippen molar-refractivity contribution in [1.82, 2.24) is 10.2 Å². The van der Waals surface area contributed by atoms with Crippen LogP contribution in [0.2, 0.25) is 0 Å². The minimum atomic E-state index is -0.197. The van der Waals surface area contributed by atoms with Crippen LogP contribution in [0.1, 0.15) is 26.7 Å². The number of hydrogen-bond donors (Lipinski definition) is 1. The second kappa shape index (κ2) is 5.95. The molecule has 1 rings (SSSR count). The van der Waals surface area contributed by atoms with E-state index in [-0.39, 0.29) is 6.09 Å². The Labute approximate surface area is 92.0 Å². The third-order valence-corrected chi connectivity index (χ3v) is 2.65. The molecule has 1 saturated heterocycles. The number of likely N-dealkylation sites (N-methyl/N-ethyl adjacent to an activating group) is 1. The van der Waals surface area contributed by atoms with Gasteiger partial charge in [-0.15, -0.1) is 0 Å². The average Bonchev–Trinajstić information content (AvgIpc) is 2.26. The Balaban J connectivity index is 2.30. The van der Waals surface area contributed by atoms with E-state index in [2.05, 4.69) is 5.32 Å². The highest BCUT2D eigenvalue weighted by Gasteiger charge is 2.22. The number of carbonyl (C=O) groups is 1. The number of piperidine rings is 1. The Morgan fingerprint density at radius 3 is 2.87 bits per heavy atom. The number of nitrogens with zero attached hydrogens (tertiary/aromatic N) is 1. The monoisotopic (exact) mass is 214 g/mol. The maximum absolute atomic E-state index is 11.6. The van der Waals surface area contributed by atoms with Crippen molar-refractivity contribution in [3.05, 3.63) is 0 Å². The number of hydrogen-bond acceptors (Lipinski definition) is 3. The lowest BCUT2D eigenvalue weighted by molar-refractivity contribution is 0.0825. The van der Waals surface area contributed by atoms with Crippen LogP contribution in [-0.4, -0.2) is 43.8 Å². The van der Waals surface area contributed by atoms with Gasteiger partial charge in [0.05, 0.1) is 6.61 Å². The summed E-state index contributed by atoms with van der Waals surface area (Å²) < 4.78 is 5.18. The highest BCUT2D eigenvalue weighted by molar-refractivity contribution is 5.67. The number of amides is 1. The van der Waals surface area contributed by atoms with Crippen molar-refractivity contribution >= 4 is 6.09 Å². The molecule has 0 spiro atoms. The fourth-order valence-corrected chi connectivity index (χ4v) is 1.65. The molecule has 1 unspecified atom stereocenters. The molecule has 4 nitrogen and oxygen atoms in total. The maximum atomic E-state index is 11.6. The molecule has 1 aliphatic rings. The first-order chi connectivity index (χ1) is 7.11. The Morgan fingerprint density at radius 2 is 2.33 bits per heavy atom. The predicted octanol–water partition coefficient (Wildman–Crippen LogP) is 1.46. The fraction of sp³-hybridized carbons (Fsp3) is 0.909. The normalized spacial score (nSPS) is 21.5. The molecule has 1 heterocycles. The fourth-order valence-electron chi connectivity index (χ4n) is 1.65. The van der Waals surface area contributed by atoms with Crippen LogP contribution in [0.4, 0.5) is 4.79 Å². The minimum Gasteiger partial charge on any atom is -0.449 e. The second-order valence-corrected chi connectivity index (χ2v) is 4.58. The van der Waals surface area contributed by atoms with E-state index in [9.17, 15) is 4.79 Å². The van der Waals surface area contributed by atoms with Crippen LogP contribution in [0.25, 0.3) is 0 Å². The van der Waals surface area contributed by atoms with E-state index in [1.165, 1.54) is 0 Å². The van der Waals surface area contributed by atoms with Crippen LogP contribution in [0.5, 0.6) is 0 Å². The van der Waals surface area contributed by atoms with Crippen LogP contribution in [-0.2, 0) is 4.74 Å². The topological polar surface area (TPSA) is 41.6 Å². The molecule has 1 N–H and O–H groups in total. The predicted molar refractivity (Wildman–Crippen MR) is 59.8 cm³/mol. The van der Waals surface area contributed by atoms with E-state index in [0.29, 0.717) is 18.6 Å². The molecule has 0 aromatic heterocycles. The average molecular weight is 214 g/mol. The number of carbonyl (C=O) groups excluding carboxylic acids is 1. The third-order valence-electron chi connectivity index (χ3n) is 2.65. The molecule has 15 heavy (non-hydrogen) atoms. The van der Waals surface area contributed by atoms with Crippen molar-refractivity contribution < 1.29 is 9.53 Å². The van der Waals surface area contributed by atoms with Crippen molar-refractivity contribution in [2.45, 2.75) is 32.7 Å². The zero-order chi connectivity index (χ0) is 11.3. The Bertz CT molecular complexity index is 201. The van der Waals surface area contributed by atoms with E-state index in [1.54, 1.807) is 4.90 Å². The first kappa shape index (κ1) is 12.3. The van der Waals surface area contributed by atoms with Gasteiger partial charge in [0.15, 0.2) is 0 Å². The molecule has 0 aliphatic carbocycles. The van der Waals surface area contributed by atoms with Gasteiger partial charge < -0.3 is 15.0 Å². The smallest absolute Gasteiger partial charge is 0.409 e. The van der Waals surface area contributed by atoms with Gasteiger partial charge in [0.2, 0.25) is 0 Å². The molecule has 1 aliphatic heterocycles. The van der Waals surface area contributed by atoms with Crippen LogP contribution in [0.15, 0.2) is 0 Å². The van der Waals surface area contributed by atoms with Crippen LogP contribution in [0.3, 0.4) is 0 Å². The van der Waals surface area contributed by atoms with Gasteiger partial charge in [-0.25, -0.2) is 4.79 Å². The van der Waals surface area contributed by atoms with E-state index in [1.807, 2.05) is 20.9 Å². The molecule has 4 heteroatoms. The Kier molecular flexibility index (Phi) is 4.88. The SMILES string of the molecule is CC(C)COC(=O)N(C)C1CCCNC1. The zero-order valence-electron chi connectivity index (χ0n) is 9.95. The lowest BCUT2D eigenvalue weighted by atomic mass is 10.1. The van der Waals surface area contributed by atoms with Gasteiger partial charge in [-0.1, -0.05) is 13.8 Å². The largest absolute Gasteiger partial charge is 0.449 e. The van der Waals surface area contributed by atoms with Crippen molar-refractivity contribution in [2.75, 3.05) is 26.7 Å². The number of rotatable bonds is 3. The number of ether oxygens (including phenoxy) is 1. The highest BCUT2D eigenvalue weighted by atomic mass is 16.6. The summed E-state index contributed by atoms with van der Waals surface area (Å²) >= 11 is 0. The van der Waals surface area contributed by atoms with Gasteiger partial charge in [0.1, 0.15) is 0 Å². The molecular weight excluding hydrogens is 192 g/mol. The molecule has 1 atom stereocenters. The van der Waals surface area contributed by atoms with E-state index >= 15 is 0 Å². The van der Waals surface area contributed by atoms with Gasteiger partial charge in [0.25, 0.3) is 0 Å². The van der Waals surface area contributed by atoms with E-state index in [0.717, 1.165) is 25.9 Å². The molecule has 0 bridgehead atoms. The summed E-state index contributed by atoms with van der Waals surface area (Å²) in [5, 5.41) is 3.29. The first-order valence-corrected chi connectivity index (χ1v) is 5.71. The van der Waals surface area contributed by atoms with Gasteiger partial charge in [-0.05, 0) is 25.3 Å². The summed E-state index contributed by atoms with van der Waals surface area (Å²) in [6.07, 6.45) is 2.00. The van der Waals surface area contributed by atoms with Crippen molar-refractivity contribution in [1.29, 1.82) is 0 Å². The van der Waals surface area contributed by atoms with E-state index in [4.69, 9.17) is 4.74 Å². The van der Waals surface area contributed by atoms with Gasteiger partial charge in [-0.2, -0.15) is 0 Å². The third kappa shape index (κ3) is 4.08. The van der Waals surface area contributed by atoms with Gasteiger partial charge in [-0.3, -0.25) is 0 Å². The van der Waals surface area contributed by atoms with Crippen LogP contribution < -0.4 is 5.32 Å². The quantitative estimate of drug-likeness (QED) is 0.773. The first-order valence-electron chi connectivity index (χ1n) is 5.71. The molecule has 88 valence electrons. The summed E-state index contributed by atoms with van der Waals surface area (Å²) in [6.45, 7) is 6.52. The molecule has 0 aromatic carbocycles. The molecule has 0 radical (unpaired) electrons. The van der Waals surface area contributed by atoms with Crippen molar-refractivity contribution in [2.24, 2.45) is 5.92 Å². The van der Waals surface area contributed by atoms with Crippen molar-refractivity contribution in [3.8, 4) is 0 Å². The van der Waals surface area contributed by atoms with Gasteiger partial charge >= 0.3 is 6.09 Å². The zero-order valence-corrected chi connectivity index (χ0v) is 9.95. The minimum absolute atomic E-state index is 0.197. The van der Waals surface area contributed by atoms with E-state index < -0.39 is 0 Å². The van der Waals surface area contributed by atoms with Crippen molar-refractivity contribution in [3.63, 3.8) is 0 Å². The Morgan fingerprint density at radius 1 is 1.60 bits per heavy atom. The summed E-state index contributed by atoms with van der Waals surface area (Å²) in [6, 6.07) is 0.290. The standard InChI is InChI=1S/C11H22N2O2/c1-9(2)8-15-11(14)13(3)10-5-4-6-12-7-10/h9-10,12H,4-8H2,1-3H3. The lowest BCUT2D eigenvalue weighted by Gasteiger charge is -2.31. The molecular formula is C11H22N2O2. The molecule has 1 fully saturated rings. The summed E-state index contributed by atoms with van der Waals surface area (Å²) in [4.78, 5) is 13.3.